The molecule has 6 nitrogen and oxygen atoms in total. The van der Waals surface area contributed by atoms with Crippen LogP contribution in [0, 0.1) is 0 Å². The minimum atomic E-state index is -0.362. The van der Waals surface area contributed by atoms with Gasteiger partial charge in [-0.25, -0.2) is 5.43 Å². The highest BCUT2D eigenvalue weighted by Crippen LogP contribution is 2.12. The summed E-state index contributed by atoms with van der Waals surface area (Å²) >= 11 is 3.41. The van der Waals surface area contributed by atoms with Gasteiger partial charge in [0.25, 0.3) is 5.91 Å². The van der Waals surface area contributed by atoms with E-state index in [0.29, 0.717) is 12.2 Å². The normalized spacial score (nSPS) is 10.8. The number of ether oxygens (including phenoxy) is 1. The summed E-state index contributed by atoms with van der Waals surface area (Å²) in [6.45, 7) is 0.591. The molecule has 0 radical (unpaired) electrons. The SMILES string of the molecule is COc1cccc(/C=N/NC(=O)c2ccn(Cc3ccc(Br)cc3)n2)c1. The van der Waals surface area contributed by atoms with Gasteiger partial charge in [-0.05, 0) is 41.5 Å². The van der Waals surface area contributed by atoms with E-state index in [4.69, 9.17) is 4.74 Å². The van der Waals surface area contributed by atoms with Crippen LogP contribution in [0.1, 0.15) is 21.6 Å². The van der Waals surface area contributed by atoms with E-state index >= 15 is 0 Å². The summed E-state index contributed by atoms with van der Waals surface area (Å²) in [6, 6.07) is 17.0. The molecule has 0 atom stereocenters. The van der Waals surface area contributed by atoms with Crippen LogP contribution in [0.5, 0.6) is 5.75 Å². The zero-order valence-corrected chi connectivity index (χ0v) is 15.7. The van der Waals surface area contributed by atoms with Crippen molar-refractivity contribution in [1.29, 1.82) is 0 Å². The molecule has 0 fully saturated rings. The third-order valence-electron chi connectivity index (χ3n) is 3.60. The molecule has 0 unspecified atom stereocenters. The lowest BCUT2D eigenvalue weighted by molar-refractivity contribution is 0.0949. The largest absolute Gasteiger partial charge is 0.497 e. The van der Waals surface area contributed by atoms with E-state index in [0.717, 1.165) is 21.3 Å². The van der Waals surface area contributed by atoms with Gasteiger partial charge in [0.1, 0.15) is 5.75 Å². The Kier molecular flexibility index (Phi) is 5.80. The number of carbonyl (C=O) groups is 1. The molecule has 1 amide bonds. The number of halogens is 1. The van der Waals surface area contributed by atoms with E-state index in [1.807, 2.05) is 48.5 Å². The van der Waals surface area contributed by atoms with E-state index in [1.54, 1.807) is 30.3 Å². The summed E-state index contributed by atoms with van der Waals surface area (Å²) in [7, 11) is 1.60. The number of hydrazone groups is 1. The lowest BCUT2D eigenvalue weighted by atomic mass is 10.2. The molecular formula is C19H17BrN4O2. The quantitative estimate of drug-likeness (QED) is 0.497. The number of aromatic nitrogens is 2. The number of amides is 1. The Morgan fingerprint density at radius 3 is 2.85 bits per heavy atom. The van der Waals surface area contributed by atoms with E-state index < -0.39 is 0 Å². The van der Waals surface area contributed by atoms with Crippen molar-refractivity contribution in [3.63, 3.8) is 0 Å². The third-order valence-corrected chi connectivity index (χ3v) is 4.13. The lowest BCUT2D eigenvalue weighted by Crippen LogP contribution is -2.18. The van der Waals surface area contributed by atoms with E-state index in [9.17, 15) is 4.79 Å². The Bertz CT molecular complexity index is 919. The molecule has 1 heterocycles. The van der Waals surface area contributed by atoms with Crippen molar-refractivity contribution in [2.45, 2.75) is 6.54 Å². The zero-order chi connectivity index (χ0) is 18.4. The molecule has 0 aliphatic heterocycles. The van der Waals surface area contributed by atoms with Gasteiger partial charge in [0, 0.05) is 10.7 Å². The fraction of sp³-hybridized carbons (Fsp3) is 0.105. The minimum absolute atomic E-state index is 0.310. The Balaban J connectivity index is 1.59. The maximum atomic E-state index is 12.1. The zero-order valence-electron chi connectivity index (χ0n) is 14.1. The first kappa shape index (κ1) is 17.9. The standard InChI is InChI=1S/C19H17BrN4O2/c1-26-17-4-2-3-15(11-17)12-21-22-19(25)18-9-10-24(23-18)13-14-5-7-16(20)8-6-14/h2-12H,13H2,1H3,(H,22,25)/b21-12+. The van der Waals surface area contributed by atoms with Gasteiger partial charge < -0.3 is 4.74 Å². The summed E-state index contributed by atoms with van der Waals surface area (Å²) in [4.78, 5) is 12.1. The van der Waals surface area contributed by atoms with Gasteiger partial charge in [0.05, 0.1) is 19.9 Å². The maximum Gasteiger partial charge on any atom is 0.291 e. The topological polar surface area (TPSA) is 68.5 Å². The van der Waals surface area contributed by atoms with Crippen LogP contribution in [0.3, 0.4) is 0 Å². The number of methoxy groups -OCH3 is 1. The predicted octanol–water partition coefficient (Wildman–Crippen LogP) is 3.47. The molecule has 7 heteroatoms. The van der Waals surface area contributed by atoms with Crippen molar-refractivity contribution in [2.75, 3.05) is 7.11 Å². The average Bonchev–Trinajstić information content (AvgIpc) is 3.12. The molecule has 2 aromatic carbocycles. The Labute approximate surface area is 159 Å². The van der Waals surface area contributed by atoms with Crippen LogP contribution in [-0.2, 0) is 6.54 Å². The summed E-state index contributed by atoms with van der Waals surface area (Å²) in [5, 5.41) is 8.24. The fourth-order valence-corrected chi connectivity index (χ4v) is 2.56. The predicted molar refractivity (Wildman–Crippen MR) is 104 cm³/mol. The van der Waals surface area contributed by atoms with Crippen molar-refractivity contribution < 1.29 is 9.53 Å². The van der Waals surface area contributed by atoms with Crippen LogP contribution in [0.2, 0.25) is 0 Å². The summed E-state index contributed by atoms with van der Waals surface area (Å²) in [6.07, 6.45) is 3.32. The molecule has 0 aliphatic rings. The van der Waals surface area contributed by atoms with Crippen molar-refractivity contribution in [1.82, 2.24) is 15.2 Å². The number of nitrogens with zero attached hydrogens (tertiary/aromatic N) is 3. The van der Waals surface area contributed by atoms with Crippen molar-refractivity contribution in [3.8, 4) is 5.75 Å². The number of carbonyl (C=O) groups excluding carboxylic acids is 1. The number of nitrogens with one attached hydrogen (secondary N) is 1. The smallest absolute Gasteiger partial charge is 0.291 e. The molecule has 0 aliphatic carbocycles. The highest BCUT2D eigenvalue weighted by Gasteiger charge is 2.08. The van der Waals surface area contributed by atoms with Crippen LogP contribution >= 0.6 is 15.9 Å². The van der Waals surface area contributed by atoms with Gasteiger partial charge in [-0.15, -0.1) is 0 Å². The summed E-state index contributed by atoms with van der Waals surface area (Å²) in [5.74, 6) is 0.366. The Hall–Kier alpha value is -2.93. The van der Waals surface area contributed by atoms with E-state index in [2.05, 4.69) is 31.6 Å². The lowest BCUT2D eigenvalue weighted by Gasteiger charge is -2.02. The molecule has 0 spiro atoms. The second-order valence-electron chi connectivity index (χ2n) is 5.50. The first-order valence-electron chi connectivity index (χ1n) is 7.89. The molecule has 3 aromatic rings. The van der Waals surface area contributed by atoms with Crippen LogP contribution in [-0.4, -0.2) is 29.0 Å². The fourth-order valence-electron chi connectivity index (χ4n) is 2.29. The first-order valence-corrected chi connectivity index (χ1v) is 8.69. The van der Waals surface area contributed by atoms with Gasteiger partial charge in [-0.2, -0.15) is 10.2 Å². The molecular weight excluding hydrogens is 396 g/mol. The molecule has 0 saturated carbocycles. The highest BCUT2D eigenvalue weighted by atomic mass is 79.9. The van der Waals surface area contributed by atoms with Crippen LogP contribution in [0.25, 0.3) is 0 Å². The maximum absolute atomic E-state index is 12.1. The first-order chi connectivity index (χ1) is 12.6. The van der Waals surface area contributed by atoms with Gasteiger partial charge >= 0.3 is 0 Å². The van der Waals surface area contributed by atoms with Crippen molar-refractivity contribution in [3.05, 3.63) is 82.1 Å². The number of benzene rings is 2. The van der Waals surface area contributed by atoms with Crippen LogP contribution in [0.4, 0.5) is 0 Å². The molecule has 26 heavy (non-hydrogen) atoms. The Morgan fingerprint density at radius 2 is 2.08 bits per heavy atom. The molecule has 1 aromatic heterocycles. The number of hydrogen-bond acceptors (Lipinski definition) is 4. The van der Waals surface area contributed by atoms with Crippen molar-refractivity contribution >= 4 is 28.1 Å². The second kappa shape index (κ2) is 8.44. The van der Waals surface area contributed by atoms with Gasteiger partial charge in [0.2, 0.25) is 0 Å². The van der Waals surface area contributed by atoms with E-state index in [1.165, 1.54) is 0 Å². The summed E-state index contributed by atoms with van der Waals surface area (Å²) < 4.78 is 7.88. The van der Waals surface area contributed by atoms with Gasteiger partial charge in [0.15, 0.2) is 5.69 Å². The Morgan fingerprint density at radius 1 is 1.27 bits per heavy atom. The van der Waals surface area contributed by atoms with Gasteiger partial charge in [-0.3, -0.25) is 9.48 Å². The molecule has 0 saturated heterocycles. The monoisotopic (exact) mass is 412 g/mol. The summed E-state index contributed by atoms with van der Waals surface area (Å²) in [5.41, 5.74) is 4.71. The average molecular weight is 413 g/mol. The number of rotatable bonds is 6. The highest BCUT2D eigenvalue weighted by molar-refractivity contribution is 9.10. The van der Waals surface area contributed by atoms with Crippen LogP contribution < -0.4 is 10.2 Å². The molecule has 3 rings (SSSR count). The second-order valence-corrected chi connectivity index (χ2v) is 6.42. The van der Waals surface area contributed by atoms with Crippen molar-refractivity contribution in [2.24, 2.45) is 5.10 Å². The minimum Gasteiger partial charge on any atom is -0.497 e. The molecule has 0 bridgehead atoms. The van der Waals surface area contributed by atoms with Gasteiger partial charge in [-0.1, -0.05) is 40.2 Å². The van der Waals surface area contributed by atoms with E-state index in [-0.39, 0.29) is 5.91 Å². The third kappa shape index (κ3) is 4.80. The molecule has 132 valence electrons. The number of hydrogen-bond donors (Lipinski definition) is 1. The molecule has 1 N–H and O–H groups in total. The van der Waals surface area contributed by atoms with Crippen LogP contribution in [0.15, 0.2) is 70.4 Å².